The molecule has 0 aromatic heterocycles. The van der Waals surface area contributed by atoms with Gasteiger partial charge in [-0.15, -0.1) is 0 Å². The van der Waals surface area contributed by atoms with Crippen molar-refractivity contribution >= 4 is 34.8 Å². The molecule has 1 atom stereocenters. The molecule has 0 radical (unpaired) electrons. The highest BCUT2D eigenvalue weighted by Gasteiger charge is 2.15. The molecule has 0 aliphatic carbocycles. The van der Waals surface area contributed by atoms with E-state index in [1.54, 1.807) is 30.3 Å². The average molecular weight is 348 g/mol. The molecule has 112 valence electrons. The van der Waals surface area contributed by atoms with Crippen molar-refractivity contribution in [1.82, 2.24) is 5.43 Å². The molecule has 0 saturated carbocycles. The van der Waals surface area contributed by atoms with E-state index in [9.17, 15) is 4.39 Å². The van der Waals surface area contributed by atoms with Crippen LogP contribution in [0.15, 0.2) is 36.4 Å². The van der Waals surface area contributed by atoms with Gasteiger partial charge in [-0.3, -0.25) is 11.3 Å². The fraction of sp³-hybridized carbons (Fsp3) is 0.200. The fourth-order valence-corrected chi connectivity index (χ4v) is 2.71. The summed E-state index contributed by atoms with van der Waals surface area (Å²) in [6, 6.07) is 9.95. The number of hydrazine groups is 1. The van der Waals surface area contributed by atoms with E-state index in [4.69, 9.17) is 40.6 Å². The summed E-state index contributed by atoms with van der Waals surface area (Å²) >= 11 is 17.9. The third kappa shape index (κ3) is 4.31. The minimum atomic E-state index is -0.420. The lowest BCUT2D eigenvalue weighted by molar-refractivity contribution is 0.506. The van der Waals surface area contributed by atoms with Crippen molar-refractivity contribution in [2.75, 3.05) is 0 Å². The molecule has 0 aliphatic rings. The number of benzene rings is 2. The van der Waals surface area contributed by atoms with E-state index in [1.165, 1.54) is 6.07 Å². The Morgan fingerprint density at radius 3 is 2.43 bits per heavy atom. The van der Waals surface area contributed by atoms with Crippen LogP contribution in [0.4, 0.5) is 4.39 Å². The molecule has 0 spiro atoms. The van der Waals surface area contributed by atoms with Gasteiger partial charge in [0.25, 0.3) is 0 Å². The van der Waals surface area contributed by atoms with Crippen molar-refractivity contribution in [2.45, 2.75) is 18.9 Å². The Balaban J connectivity index is 2.17. The van der Waals surface area contributed by atoms with E-state index in [-0.39, 0.29) is 11.1 Å². The van der Waals surface area contributed by atoms with Crippen molar-refractivity contribution in [2.24, 2.45) is 5.84 Å². The molecule has 2 aromatic carbocycles. The Bertz CT molecular complexity index is 630. The Morgan fingerprint density at radius 1 is 1.00 bits per heavy atom. The van der Waals surface area contributed by atoms with Gasteiger partial charge in [-0.2, -0.15) is 0 Å². The molecule has 0 fully saturated rings. The van der Waals surface area contributed by atoms with Gasteiger partial charge >= 0.3 is 0 Å². The zero-order valence-corrected chi connectivity index (χ0v) is 13.3. The normalized spacial score (nSPS) is 12.4. The maximum Gasteiger partial charge on any atom is 0.145 e. The molecule has 2 aromatic rings. The quantitative estimate of drug-likeness (QED) is 0.621. The predicted octanol–water partition coefficient (Wildman–Crippen LogP) is 4.40. The maximum absolute atomic E-state index is 13.9. The van der Waals surface area contributed by atoms with E-state index in [0.717, 1.165) is 5.56 Å². The molecule has 0 bridgehead atoms. The highest BCUT2D eigenvalue weighted by molar-refractivity contribution is 6.33. The molecule has 0 aliphatic heterocycles. The largest absolute Gasteiger partial charge is 0.271 e. The number of hydrogen-bond donors (Lipinski definition) is 2. The third-order valence-corrected chi connectivity index (χ3v) is 4.10. The smallest absolute Gasteiger partial charge is 0.145 e. The van der Waals surface area contributed by atoms with Gasteiger partial charge in [-0.05, 0) is 48.2 Å². The Morgan fingerprint density at radius 2 is 1.71 bits per heavy atom. The van der Waals surface area contributed by atoms with Crippen molar-refractivity contribution in [3.8, 4) is 0 Å². The molecule has 0 heterocycles. The lowest BCUT2D eigenvalue weighted by Gasteiger charge is -2.17. The minimum absolute atomic E-state index is 0.101. The molecule has 6 heteroatoms. The number of halogens is 4. The van der Waals surface area contributed by atoms with Gasteiger partial charge in [0.15, 0.2) is 0 Å². The van der Waals surface area contributed by atoms with Crippen LogP contribution in [-0.2, 0) is 12.8 Å². The average Bonchev–Trinajstić information content (AvgIpc) is 2.46. The van der Waals surface area contributed by atoms with E-state index >= 15 is 0 Å². The molecule has 21 heavy (non-hydrogen) atoms. The van der Waals surface area contributed by atoms with Crippen LogP contribution in [-0.4, -0.2) is 6.04 Å². The second-order valence-corrected chi connectivity index (χ2v) is 5.97. The van der Waals surface area contributed by atoms with Crippen LogP contribution in [0.1, 0.15) is 11.1 Å². The first-order valence-electron chi connectivity index (χ1n) is 6.34. The van der Waals surface area contributed by atoms with Gasteiger partial charge < -0.3 is 0 Å². The van der Waals surface area contributed by atoms with Crippen molar-refractivity contribution in [1.29, 1.82) is 0 Å². The number of rotatable bonds is 5. The molecular weight excluding hydrogens is 334 g/mol. The molecule has 3 N–H and O–H groups in total. The Kier molecular flexibility index (Phi) is 5.85. The molecule has 2 nitrogen and oxygen atoms in total. The van der Waals surface area contributed by atoms with Crippen molar-refractivity contribution < 1.29 is 4.39 Å². The zero-order chi connectivity index (χ0) is 15.4. The molecular formula is C15H14Cl3FN2. The summed E-state index contributed by atoms with van der Waals surface area (Å²) < 4.78 is 13.9. The summed E-state index contributed by atoms with van der Waals surface area (Å²) in [6.45, 7) is 0. The summed E-state index contributed by atoms with van der Waals surface area (Å²) in [5.74, 6) is 5.14. The molecule has 0 saturated heterocycles. The first-order chi connectivity index (χ1) is 10.0. The van der Waals surface area contributed by atoms with Crippen LogP contribution in [0.5, 0.6) is 0 Å². The van der Waals surface area contributed by atoms with Crippen molar-refractivity contribution in [3.63, 3.8) is 0 Å². The summed E-state index contributed by atoms with van der Waals surface area (Å²) in [5, 5.41) is 1.30. The lowest BCUT2D eigenvalue weighted by atomic mass is 9.99. The Hall–Kier alpha value is -0.840. The first kappa shape index (κ1) is 16.5. The van der Waals surface area contributed by atoms with E-state index in [0.29, 0.717) is 28.5 Å². The number of nitrogens with two attached hydrogens (primary N) is 1. The van der Waals surface area contributed by atoms with Gasteiger partial charge in [0.2, 0.25) is 0 Å². The van der Waals surface area contributed by atoms with E-state index < -0.39 is 5.82 Å². The highest BCUT2D eigenvalue weighted by atomic mass is 35.5. The van der Waals surface area contributed by atoms with Gasteiger partial charge in [0.05, 0.1) is 5.02 Å². The molecule has 0 amide bonds. The second-order valence-electron chi connectivity index (χ2n) is 4.72. The zero-order valence-electron chi connectivity index (χ0n) is 11.0. The molecule has 2 rings (SSSR count). The fourth-order valence-electron chi connectivity index (χ4n) is 2.13. The standard InChI is InChI=1S/C15H14Cl3FN2/c16-11-4-5-13(17)10(6-11)8-12(21-20)7-9-2-1-3-14(18)15(9)19/h1-6,12,21H,7-8,20H2. The minimum Gasteiger partial charge on any atom is -0.271 e. The van der Waals surface area contributed by atoms with Crippen molar-refractivity contribution in [3.05, 3.63) is 68.4 Å². The third-order valence-electron chi connectivity index (χ3n) is 3.21. The topological polar surface area (TPSA) is 38.0 Å². The maximum atomic E-state index is 13.9. The first-order valence-corrected chi connectivity index (χ1v) is 7.47. The van der Waals surface area contributed by atoms with Crippen LogP contribution in [0.2, 0.25) is 15.1 Å². The van der Waals surface area contributed by atoms with Crippen LogP contribution in [0, 0.1) is 5.82 Å². The highest BCUT2D eigenvalue weighted by Crippen LogP contribution is 2.24. The lowest BCUT2D eigenvalue weighted by Crippen LogP contribution is -2.38. The molecule has 1 unspecified atom stereocenters. The Labute approximate surface area is 138 Å². The number of hydrogen-bond acceptors (Lipinski definition) is 2. The number of nitrogens with one attached hydrogen (secondary N) is 1. The van der Waals surface area contributed by atoms with Crippen LogP contribution >= 0.6 is 34.8 Å². The van der Waals surface area contributed by atoms with Gasteiger partial charge in [0, 0.05) is 16.1 Å². The van der Waals surface area contributed by atoms with Gasteiger partial charge in [0.1, 0.15) is 5.82 Å². The van der Waals surface area contributed by atoms with E-state index in [2.05, 4.69) is 5.43 Å². The summed E-state index contributed by atoms with van der Waals surface area (Å²) in [4.78, 5) is 0. The second kappa shape index (κ2) is 7.43. The van der Waals surface area contributed by atoms with Gasteiger partial charge in [-0.1, -0.05) is 46.9 Å². The van der Waals surface area contributed by atoms with Crippen LogP contribution in [0.3, 0.4) is 0 Å². The predicted molar refractivity (Wildman–Crippen MR) is 86.4 cm³/mol. The van der Waals surface area contributed by atoms with Gasteiger partial charge in [-0.25, -0.2) is 4.39 Å². The van der Waals surface area contributed by atoms with E-state index in [1.807, 2.05) is 0 Å². The summed E-state index contributed by atoms with van der Waals surface area (Å²) in [6.07, 6.45) is 0.924. The summed E-state index contributed by atoms with van der Waals surface area (Å²) in [5.41, 5.74) is 4.04. The monoisotopic (exact) mass is 346 g/mol. The summed E-state index contributed by atoms with van der Waals surface area (Å²) in [7, 11) is 0. The SMILES string of the molecule is NNC(Cc1cc(Cl)ccc1Cl)Cc1cccc(Cl)c1F. The van der Waals surface area contributed by atoms with Crippen LogP contribution < -0.4 is 11.3 Å². The van der Waals surface area contributed by atoms with Crippen LogP contribution in [0.25, 0.3) is 0 Å².